The third-order valence-electron chi connectivity index (χ3n) is 3.71. The molecule has 3 rings (SSSR count). The predicted molar refractivity (Wildman–Crippen MR) is 87.8 cm³/mol. The maximum Gasteiger partial charge on any atom is 0.226 e. The molecule has 122 valence electrons. The van der Waals surface area contributed by atoms with Gasteiger partial charge < -0.3 is 14.8 Å². The van der Waals surface area contributed by atoms with E-state index in [1.807, 2.05) is 24.3 Å². The largest absolute Gasteiger partial charge is 0.496 e. The summed E-state index contributed by atoms with van der Waals surface area (Å²) in [4.78, 5) is 12.1. The standard InChI is InChI=1S/C16H19N3O3S/c1-21-12-6-3-2-5-11(12)8-9-14(20)17-16-19-18-15(23-16)13-7-4-10-22-13/h2-3,5-6,13H,4,7-10H2,1H3,(H,17,19,20)/t13-/m1/s1. The topological polar surface area (TPSA) is 73.3 Å². The van der Waals surface area contributed by atoms with Crippen LogP contribution < -0.4 is 10.1 Å². The second-order valence-electron chi connectivity index (χ2n) is 5.31. The van der Waals surface area contributed by atoms with Gasteiger partial charge in [-0.05, 0) is 30.9 Å². The highest BCUT2D eigenvalue weighted by Crippen LogP contribution is 2.31. The quantitative estimate of drug-likeness (QED) is 0.880. The van der Waals surface area contributed by atoms with Gasteiger partial charge in [-0.25, -0.2) is 0 Å². The van der Waals surface area contributed by atoms with Crippen molar-refractivity contribution in [3.8, 4) is 5.75 Å². The smallest absolute Gasteiger partial charge is 0.226 e. The molecule has 1 aromatic carbocycles. The van der Waals surface area contributed by atoms with Crippen LogP contribution in [0.1, 0.15) is 35.9 Å². The van der Waals surface area contributed by atoms with Crippen molar-refractivity contribution in [2.75, 3.05) is 19.0 Å². The normalized spacial score (nSPS) is 17.2. The van der Waals surface area contributed by atoms with Crippen LogP contribution in [-0.2, 0) is 16.0 Å². The van der Waals surface area contributed by atoms with E-state index in [1.165, 1.54) is 11.3 Å². The number of amides is 1. The molecule has 23 heavy (non-hydrogen) atoms. The molecule has 1 amide bonds. The third kappa shape index (κ3) is 4.05. The zero-order valence-electron chi connectivity index (χ0n) is 12.9. The molecule has 0 unspecified atom stereocenters. The van der Waals surface area contributed by atoms with Crippen LogP contribution in [0.3, 0.4) is 0 Å². The van der Waals surface area contributed by atoms with E-state index in [-0.39, 0.29) is 12.0 Å². The van der Waals surface area contributed by atoms with Crippen molar-refractivity contribution < 1.29 is 14.3 Å². The number of methoxy groups -OCH3 is 1. The van der Waals surface area contributed by atoms with E-state index in [4.69, 9.17) is 9.47 Å². The van der Waals surface area contributed by atoms with Gasteiger partial charge in [0.15, 0.2) is 0 Å². The summed E-state index contributed by atoms with van der Waals surface area (Å²) in [5.41, 5.74) is 1.02. The Balaban J connectivity index is 1.53. The lowest BCUT2D eigenvalue weighted by Gasteiger charge is -2.07. The lowest BCUT2D eigenvalue weighted by Crippen LogP contribution is -2.12. The van der Waals surface area contributed by atoms with Gasteiger partial charge in [0.05, 0.1) is 7.11 Å². The number of nitrogens with zero attached hydrogens (tertiary/aromatic N) is 2. The molecule has 7 heteroatoms. The Morgan fingerprint density at radius 3 is 3.09 bits per heavy atom. The first-order chi connectivity index (χ1) is 11.3. The lowest BCUT2D eigenvalue weighted by atomic mass is 10.1. The summed E-state index contributed by atoms with van der Waals surface area (Å²) < 4.78 is 10.9. The highest BCUT2D eigenvalue weighted by atomic mass is 32.1. The fraction of sp³-hybridized carbons (Fsp3) is 0.438. The minimum atomic E-state index is -0.0778. The third-order valence-corrected chi connectivity index (χ3v) is 4.64. The first kappa shape index (κ1) is 15.9. The van der Waals surface area contributed by atoms with Crippen LogP contribution in [0.2, 0.25) is 0 Å². The Hall–Kier alpha value is -1.99. The van der Waals surface area contributed by atoms with Crippen LogP contribution in [0.25, 0.3) is 0 Å². The minimum absolute atomic E-state index is 0.0340. The molecule has 0 aliphatic carbocycles. The van der Waals surface area contributed by atoms with Gasteiger partial charge in [-0.15, -0.1) is 10.2 Å². The van der Waals surface area contributed by atoms with Crippen LogP contribution in [0, 0.1) is 0 Å². The number of carbonyl (C=O) groups is 1. The molecule has 0 spiro atoms. The zero-order valence-corrected chi connectivity index (χ0v) is 13.8. The van der Waals surface area contributed by atoms with Crippen molar-refractivity contribution in [3.05, 3.63) is 34.8 Å². The summed E-state index contributed by atoms with van der Waals surface area (Å²) in [5.74, 6) is 0.725. The van der Waals surface area contributed by atoms with E-state index in [0.717, 1.165) is 35.8 Å². The molecule has 1 N–H and O–H groups in total. The molecule has 1 aliphatic rings. The number of benzene rings is 1. The monoisotopic (exact) mass is 333 g/mol. The second-order valence-corrected chi connectivity index (χ2v) is 6.32. The van der Waals surface area contributed by atoms with Gasteiger partial charge in [-0.1, -0.05) is 29.5 Å². The average molecular weight is 333 g/mol. The van der Waals surface area contributed by atoms with Crippen LogP contribution >= 0.6 is 11.3 Å². The van der Waals surface area contributed by atoms with E-state index >= 15 is 0 Å². The van der Waals surface area contributed by atoms with E-state index in [9.17, 15) is 4.79 Å². The van der Waals surface area contributed by atoms with E-state index < -0.39 is 0 Å². The van der Waals surface area contributed by atoms with Gasteiger partial charge in [0.2, 0.25) is 11.0 Å². The molecule has 1 atom stereocenters. The number of carbonyl (C=O) groups excluding carboxylic acids is 1. The number of ether oxygens (including phenoxy) is 2. The van der Waals surface area contributed by atoms with Crippen LogP contribution in [0.15, 0.2) is 24.3 Å². The Kier molecular flexibility index (Phi) is 5.19. The molecule has 1 aliphatic heterocycles. The zero-order chi connectivity index (χ0) is 16.1. The Morgan fingerprint density at radius 1 is 1.43 bits per heavy atom. The Labute approximate surface area is 138 Å². The van der Waals surface area contributed by atoms with Gasteiger partial charge in [0.1, 0.15) is 16.9 Å². The average Bonchev–Trinajstić information content (AvgIpc) is 3.24. The summed E-state index contributed by atoms with van der Waals surface area (Å²) in [6.45, 7) is 0.769. The molecule has 0 saturated carbocycles. The molecule has 6 nitrogen and oxygen atoms in total. The molecular weight excluding hydrogens is 314 g/mol. The van der Waals surface area contributed by atoms with E-state index in [2.05, 4.69) is 15.5 Å². The Morgan fingerprint density at radius 2 is 2.30 bits per heavy atom. The maximum atomic E-state index is 12.1. The lowest BCUT2D eigenvalue weighted by molar-refractivity contribution is -0.116. The van der Waals surface area contributed by atoms with E-state index in [1.54, 1.807) is 7.11 Å². The number of para-hydroxylation sites is 1. The molecule has 0 bridgehead atoms. The highest BCUT2D eigenvalue weighted by molar-refractivity contribution is 7.15. The van der Waals surface area contributed by atoms with Crippen LogP contribution in [-0.4, -0.2) is 29.8 Å². The van der Waals surface area contributed by atoms with Gasteiger partial charge in [-0.2, -0.15) is 0 Å². The highest BCUT2D eigenvalue weighted by Gasteiger charge is 2.22. The van der Waals surface area contributed by atoms with Crippen molar-refractivity contribution in [2.24, 2.45) is 0 Å². The number of hydrogen-bond acceptors (Lipinski definition) is 6. The Bertz CT molecular complexity index is 668. The summed E-state index contributed by atoms with van der Waals surface area (Å²) in [6, 6.07) is 7.71. The number of aromatic nitrogens is 2. The van der Waals surface area contributed by atoms with Crippen molar-refractivity contribution in [1.82, 2.24) is 10.2 Å². The number of hydrogen-bond donors (Lipinski definition) is 1. The molecule has 1 aromatic heterocycles. The molecule has 2 heterocycles. The molecule has 2 aromatic rings. The van der Waals surface area contributed by atoms with Crippen molar-refractivity contribution in [2.45, 2.75) is 31.8 Å². The molecular formula is C16H19N3O3S. The van der Waals surface area contributed by atoms with Gasteiger partial charge in [0.25, 0.3) is 0 Å². The molecule has 0 radical (unpaired) electrons. The number of anilines is 1. The number of nitrogens with one attached hydrogen (secondary N) is 1. The van der Waals surface area contributed by atoms with Gasteiger partial charge in [0, 0.05) is 13.0 Å². The molecule has 1 fully saturated rings. The van der Waals surface area contributed by atoms with Crippen molar-refractivity contribution in [3.63, 3.8) is 0 Å². The number of rotatable bonds is 6. The predicted octanol–water partition coefficient (Wildman–Crippen LogP) is 2.97. The summed E-state index contributed by atoms with van der Waals surface area (Å²) in [5, 5.41) is 12.3. The summed E-state index contributed by atoms with van der Waals surface area (Å²) >= 11 is 1.38. The van der Waals surface area contributed by atoms with Gasteiger partial charge in [-0.3, -0.25) is 4.79 Å². The first-order valence-corrected chi connectivity index (χ1v) is 8.44. The van der Waals surface area contributed by atoms with Crippen LogP contribution in [0.4, 0.5) is 5.13 Å². The van der Waals surface area contributed by atoms with Crippen molar-refractivity contribution in [1.29, 1.82) is 0 Å². The fourth-order valence-corrected chi connectivity index (χ4v) is 3.37. The van der Waals surface area contributed by atoms with Crippen LogP contribution in [0.5, 0.6) is 5.75 Å². The maximum absolute atomic E-state index is 12.1. The first-order valence-electron chi connectivity index (χ1n) is 7.63. The molecule has 1 saturated heterocycles. The summed E-state index contributed by atoms with van der Waals surface area (Å²) in [7, 11) is 1.63. The van der Waals surface area contributed by atoms with E-state index in [0.29, 0.717) is 18.0 Å². The minimum Gasteiger partial charge on any atom is -0.496 e. The van der Waals surface area contributed by atoms with Gasteiger partial charge >= 0.3 is 0 Å². The number of aryl methyl sites for hydroxylation is 1. The fourth-order valence-electron chi connectivity index (χ4n) is 2.53. The van der Waals surface area contributed by atoms with Crippen molar-refractivity contribution >= 4 is 22.4 Å². The second kappa shape index (κ2) is 7.52. The summed E-state index contributed by atoms with van der Waals surface area (Å²) in [6.07, 6.45) is 3.04. The SMILES string of the molecule is COc1ccccc1CCC(=O)Nc1nnc([C@H]2CCCO2)s1.